The molecule has 0 unspecified atom stereocenters. The normalized spacial score (nSPS) is 18.9. The Morgan fingerprint density at radius 1 is 1.04 bits per heavy atom. The van der Waals surface area contributed by atoms with Crippen LogP contribution in [0.5, 0.6) is 5.75 Å². The zero-order valence-corrected chi connectivity index (χ0v) is 16.5. The molecule has 4 heterocycles. The van der Waals surface area contributed by atoms with Crippen LogP contribution >= 0.6 is 0 Å². The molecule has 6 heteroatoms. The molecule has 148 valence electrons. The van der Waals surface area contributed by atoms with E-state index in [0.717, 1.165) is 43.4 Å². The van der Waals surface area contributed by atoms with Crippen molar-refractivity contribution in [2.24, 2.45) is 5.92 Å². The highest BCUT2D eigenvalue weighted by Crippen LogP contribution is 2.23. The molecule has 0 radical (unpaired) electrons. The number of likely N-dealkylation sites (tertiary alicyclic amines) is 1. The molecule has 0 saturated carbocycles. The average molecular weight is 380 g/mol. The molecule has 0 N–H and O–H groups in total. The van der Waals surface area contributed by atoms with Gasteiger partial charge in [0.05, 0.1) is 11.8 Å². The molecule has 28 heavy (non-hydrogen) atoms. The number of anilines is 1. The van der Waals surface area contributed by atoms with Crippen LogP contribution in [0, 0.1) is 5.92 Å². The Kier molecular flexibility index (Phi) is 5.74. The number of carbonyl (C=O) groups excluding carboxylic acids is 1. The lowest BCUT2D eigenvalue weighted by atomic mass is 9.99. The van der Waals surface area contributed by atoms with Gasteiger partial charge in [0, 0.05) is 51.4 Å². The van der Waals surface area contributed by atoms with Gasteiger partial charge in [-0.2, -0.15) is 0 Å². The van der Waals surface area contributed by atoms with E-state index in [9.17, 15) is 4.79 Å². The molecular formula is C22H28N4O2. The summed E-state index contributed by atoms with van der Waals surface area (Å²) in [4.78, 5) is 25.7. The Labute approximate surface area is 166 Å². The van der Waals surface area contributed by atoms with Gasteiger partial charge in [0.25, 0.3) is 5.91 Å². The number of hydrogen-bond acceptors (Lipinski definition) is 5. The van der Waals surface area contributed by atoms with Crippen molar-refractivity contribution in [3.8, 4) is 5.75 Å². The van der Waals surface area contributed by atoms with Crippen LogP contribution in [0.25, 0.3) is 0 Å². The lowest BCUT2D eigenvalue weighted by molar-refractivity contribution is 0.0594. The van der Waals surface area contributed by atoms with Gasteiger partial charge >= 0.3 is 0 Å². The number of ether oxygens (including phenoxy) is 1. The molecular weight excluding hydrogens is 352 g/mol. The molecule has 2 fully saturated rings. The summed E-state index contributed by atoms with van der Waals surface area (Å²) in [5.41, 5.74) is 0.667. The van der Waals surface area contributed by atoms with Gasteiger partial charge in [-0.25, -0.2) is 4.98 Å². The molecule has 0 aromatic carbocycles. The van der Waals surface area contributed by atoms with Crippen LogP contribution in [0.1, 0.15) is 43.0 Å². The Morgan fingerprint density at radius 2 is 1.82 bits per heavy atom. The van der Waals surface area contributed by atoms with Crippen LogP contribution in [0.15, 0.2) is 42.9 Å². The highest BCUT2D eigenvalue weighted by molar-refractivity contribution is 5.94. The second kappa shape index (κ2) is 8.59. The largest absolute Gasteiger partial charge is 0.489 e. The monoisotopic (exact) mass is 380 g/mol. The van der Waals surface area contributed by atoms with Crippen molar-refractivity contribution in [1.82, 2.24) is 14.9 Å². The maximum atomic E-state index is 12.8. The third kappa shape index (κ3) is 4.43. The van der Waals surface area contributed by atoms with E-state index in [1.807, 2.05) is 29.2 Å². The fourth-order valence-electron chi connectivity index (χ4n) is 3.91. The Bertz CT molecular complexity index is 765. The first kappa shape index (κ1) is 18.7. The van der Waals surface area contributed by atoms with Gasteiger partial charge in [0.15, 0.2) is 0 Å². The van der Waals surface area contributed by atoms with E-state index in [2.05, 4.69) is 21.8 Å². The van der Waals surface area contributed by atoms with Gasteiger partial charge in [0.1, 0.15) is 17.7 Å². The summed E-state index contributed by atoms with van der Waals surface area (Å²) >= 11 is 0. The molecule has 2 saturated heterocycles. The fourth-order valence-corrected chi connectivity index (χ4v) is 3.91. The molecule has 2 aromatic heterocycles. The van der Waals surface area contributed by atoms with E-state index in [0.29, 0.717) is 18.7 Å². The minimum atomic E-state index is 0.0612. The predicted molar refractivity (Wildman–Crippen MR) is 109 cm³/mol. The van der Waals surface area contributed by atoms with Crippen molar-refractivity contribution in [2.75, 3.05) is 31.1 Å². The summed E-state index contributed by atoms with van der Waals surface area (Å²) in [5, 5.41) is 0. The van der Waals surface area contributed by atoms with Crippen molar-refractivity contribution < 1.29 is 9.53 Å². The van der Waals surface area contributed by atoms with Crippen molar-refractivity contribution in [3.63, 3.8) is 0 Å². The van der Waals surface area contributed by atoms with Gasteiger partial charge in [-0.05, 0) is 43.0 Å². The van der Waals surface area contributed by atoms with E-state index in [1.165, 1.54) is 12.8 Å². The smallest absolute Gasteiger partial charge is 0.255 e. The van der Waals surface area contributed by atoms with Crippen LogP contribution in [-0.2, 0) is 0 Å². The molecule has 0 spiro atoms. The van der Waals surface area contributed by atoms with E-state index in [4.69, 9.17) is 4.74 Å². The second-order valence-corrected chi connectivity index (χ2v) is 7.87. The lowest BCUT2D eigenvalue weighted by Gasteiger charge is -2.32. The molecule has 2 aliphatic rings. The highest BCUT2D eigenvalue weighted by atomic mass is 16.5. The van der Waals surface area contributed by atoms with Gasteiger partial charge < -0.3 is 14.5 Å². The second-order valence-electron chi connectivity index (χ2n) is 7.87. The number of amides is 1. The minimum Gasteiger partial charge on any atom is -0.489 e. The molecule has 4 rings (SSSR count). The minimum absolute atomic E-state index is 0.0612. The lowest BCUT2D eigenvalue weighted by Crippen LogP contribution is -2.41. The van der Waals surface area contributed by atoms with E-state index in [1.54, 1.807) is 18.6 Å². The standard InChI is InChI=1S/C22H28N4O2/c1-17-6-11-25(12-7-17)21-5-4-18(15-24-21)22(27)26-13-8-19(9-14-26)28-20-3-2-10-23-16-20/h2-5,10,15-17,19H,6-9,11-14H2,1H3. The van der Waals surface area contributed by atoms with Gasteiger partial charge in [-0.1, -0.05) is 6.92 Å². The Hall–Kier alpha value is -2.63. The van der Waals surface area contributed by atoms with Gasteiger partial charge in [-0.3, -0.25) is 9.78 Å². The topological polar surface area (TPSA) is 58.6 Å². The number of aromatic nitrogens is 2. The fraction of sp³-hybridized carbons (Fsp3) is 0.500. The number of piperidine rings is 2. The zero-order chi connectivity index (χ0) is 19.3. The first-order chi connectivity index (χ1) is 13.7. The molecule has 0 aliphatic carbocycles. The van der Waals surface area contributed by atoms with Crippen molar-refractivity contribution in [1.29, 1.82) is 0 Å². The summed E-state index contributed by atoms with van der Waals surface area (Å²) in [5.74, 6) is 2.62. The summed E-state index contributed by atoms with van der Waals surface area (Å²) in [6.07, 6.45) is 9.41. The average Bonchev–Trinajstić information content (AvgIpc) is 2.75. The van der Waals surface area contributed by atoms with Crippen molar-refractivity contribution in [2.45, 2.75) is 38.7 Å². The van der Waals surface area contributed by atoms with E-state index < -0.39 is 0 Å². The van der Waals surface area contributed by atoms with Crippen molar-refractivity contribution >= 4 is 11.7 Å². The zero-order valence-electron chi connectivity index (χ0n) is 16.5. The Morgan fingerprint density at radius 3 is 2.46 bits per heavy atom. The van der Waals surface area contributed by atoms with E-state index >= 15 is 0 Å². The quantitative estimate of drug-likeness (QED) is 0.814. The molecule has 2 aromatic rings. The third-order valence-electron chi connectivity index (χ3n) is 5.77. The number of hydrogen-bond donors (Lipinski definition) is 0. The Balaban J connectivity index is 1.30. The first-order valence-electron chi connectivity index (χ1n) is 10.3. The van der Waals surface area contributed by atoms with Crippen LogP contribution < -0.4 is 9.64 Å². The summed E-state index contributed by atoms with van der Waals surface area (Å²) in [7, 11) is 0. The molecule has 1 amide bonds. The predicted octanol–water partition coefficient (Wildman–Crippen LogP) is 3.40. The molecule has 6 nitrogen and oxygen atoms in total. The van der Waals surface area contributed by atoms with Crippen LogP contribution in [0.2, 0.25) is 0 Å². The van der Waals surface area contributed by atoms with Crippen LogP contribution in [-0.4, -0.2) is 53.1 Å². The first-order valence-corrected chi connectivity index (χ1v) is 10.3. The number of rotatable bonds is 4. The summed E-state index contributed by atoms with van der Waals surface area (Å²) in [6.45, 7) is 5.81. The molecule has 2 aliphatic heterocycles. The maximum Gasteiger partial charge on any atom is 0.255 e. The molecule has 0 atom stereocenters. The number of nitrogens with zero attached hydrogens (tertiary/aromatic N) is 4. The SMILES string of the molecule is CC1CCN(c2ccc(C(=O)N3CCC(Oc4cccnc4)CC3)cn2)CC1. The van der Waals surface area contributed by atoms with Gasteiger partial charge in [0.2, 0.25) is 0 Å². The van der Waals surface area contributed by atoms with Gasteiger partial charge in [-0.15, -0.1) is 0 Å². The van der Waals surface area contributed by atoms with E-state index in [-0.39, 0.29) is 12.0 Å². The number of pyridine rings is 2. The van der Waals surface area contributed by atoms with Crippen molar-refractivity contribution in [3.05, 3.63) is 48.4 Å². The third-order valence-corrected chi connectivity index (χ3v) is 5.77. The van der Waals surface area contributed by atoms with Crippen LogP contribution in [0.3, 0.4) is 0 Å². The summed E-state index contributed by atoms with van der Waals surface area (Å²) in [6, 6.07) is 7.69. The molecule has 0 bridgehead atoms. The summed E-state index contributed by atoms with van der Waals surface area (Å²) < 4.78 is 5.96. The maximum absolute atomic E-state index is 12.8. The van der Waals surface area contributed by atoms with Crippen LogP contribution in [0.4, 0.5) is 5.82 Å². The highest BCUT2D eigenvalue weighted by Gasteiger charge is 2.25. The number of carbonyl (C=O) groups is 1.